The van der Waals surface area contributed by atoms with Gasteiger partial charge in [-0.25, -0.2) is 0 Å². The van der Waals surface area contributed by atoms with Crippen molar-refractivity contribution in [1.82, 2.24) is 19.9 Å². The molecule has 0 N–H and O–H groups in total. The van der Waals surface area contributed by atoms with E-state index in [2.05, 4.69) is 17.1 Å². The third-order valence-corrected chi connectivity index (χ3v) is 8.13. The molecule has 9 heteroatoms. The number of aromatic nitrogens is 2. The number of hydrogen-bond donors (Lipinski definition) is 0. The first-order chi connectivity index (χ1) is 16.9. The van der Waals surface area contributed by atoms with Gasteiger partial charge in [0.05, 0.1) is 6.04 Å². The lowest BCUT2D eigenvalue weighted by molar-refractivity contribution is -0.143. The molecule has 5 rings (SSSR count). The lowest BCUT2D eigenvalue weighted by Gasteiger charge is -2.43. The van der Waals surface area contributed by atoms with Crippen molar-refractivity contribution >= 4 is 23.4 Å². The standard InChI is InChI=1S/C26H33ClN4O4/c1-16-6-3-4-7-18(16)26(33)31-13-11-19-20(27)9-10-22(34-15-23-28-17(2)35-29-23)25(19)21(31)14-30-12-5-8-24(30)32/h9-10,16,18,21H,3-8,11-15H2,1-2H3/t16-,18+,21+/m0/s1. The molecular formula is C26H33ClN4O4. The number of aryl methyl sites for hydroxylation is 1. The van der Waals surface area contributed by atoms with Crippen LogP contribution in [0.3, 0.4) is 0 Å². The fourth-order valence-electron chi connectivity index (χ4n) is 5.90. The van der Waals surface area contributed by atoms with Crippen molar-refractivity contribution in [3.8, 4) is 5.75 Å². The molecule has 2 fully saturated rings. The van der Waals surface area contributed by atoms with Crippen molar-refractivity contribution in [1.29, 1.82) is 0 Å². The highest BCUT2D eigenvalue weighted by Crippen LogP contribution is 2.43. The minimum Gasteiger partial charge on any atom is -0.485 e. The zero-order valence-electron chi connectivity index (χ0n) is 20.5. The van der Waals surface area contributed by atoms with Crippen LogP contribution in [0.1, 0.15) is 74.3 Å². The Kier molecular flexibility index (Phi) is 7.00. The van der Waals surface area contributed by atoms with Crippen LogP contribution in [0.25, 0.3) is 0 Å². The molecule has 2 aromatic rings. The van der Waals surface area contributed by atoms with Gasteiger partial charge in [0, 0.05) is 49.5 Å². The first-order valence-electron chi connectivity index (χ1n) is 12.7. The minimum atomic E-state index is -0.303. The van der Waals surface area contributed by atoms with Crippen molar-refractivity contribution in [2.24, 2.45) is 11.8 Å². The Balaban J connectivity index is 1.50. The first kappa shape index (κ1) is 24.1. The summed E-state index contributed by atoms with van der Waals surface area (Å²) in [6.07, 6.45) is 6.35. The Morgan fingerprint density at radius 1 is 1.20 bits per heavy atom. The highest BCUT2D eigenvalue weighted by atomic mass is 35.5. The van der Waals surface area contributed by atoms with Gasteiger partial charge >= 0.3 is 0 Å². The molecule has 0 unspecified atom stereocenters. The maximum absolute atomic E-state index is 13.9. The maximum Gasteiger partial charge on any atom is 0.226 e. The molecule has 1 aromatic carbocycles. The average molecular weight is 501 g/mol. The van der Waals surface area contributed by atoms with Crippen LogP contribution in [0.2, 0.25) is 5.02 Å². The van der Waals surface area contributed by atoms with Crippen LogP contribution in [0, 0.1) is 18.8 Å². The first-order valence-corrected chi connectivity index (χ1v) is 13.1. The second-order valence-corrected chi connectivity index (χ2v) is 10.5. The average Bonchev–Trinajstić information content (AvgIpc) is 3.46. The molecule has 0 bridgehead atoms. The monoisotopic (exact) mass is 500 g/mol. The number of amides is 2. The number of hydrogen-bond acceptors (Lipinski definition) is 6. The van der Waals surface area contributed by atoms with E-state index in [0.29, 0.717) is 60.9 Å². The Morgan fingerprint density at radius 3 is 2.74 bits per heavy atom. The highest BCUT2D eigenvalue weighted by molar-refractivity contribution is 6.31. The van der Waals surface area contributed by atoms with Gasteiger partial charge in [-0.15, -0.1) is 0 Å². The molecule has 3 aliphatic rings. The summed E-state index contributed by atoms with van der Waals surface area (Å²) in [6.45, 7) is 5.84. The number of nitrogens with zero attached hydrogens (tertiary/aromatic N) is 4. The van der Waals surface area contributed by atoms with Crippen LogP contribution >= 0.6 is 11.6 Å². The number of halogens is 1. The van der Waals surface area contributed by atoms with Gasteiger partial charge in [0.1, 0.15) is 5.75 Å². The number of carbonyl (C=O) groups is 2. The topological polar surface area (TPSA) is 88.8 Å². The van der Waals surface area contributed by atoms with E-state index in [1.165, 1.54) is 6.42 Å². The van der Waals surface area contributed by atoms with Crippen molar-refractivity contribution in [3.05, 3.63) is 40.0 Å². The van der Waals surface area contributed by atoms with Crippen molar-refractivity contribution in [2.75, 3.05) is 19.6 Å². The van der Waals surface area contributed by atoms with Crippen LogP contribution in [0.5, 0.6) is 5.75 Å². The van der Waals surface area contributed by atoms with Crippen molar-refractivity contribution in [2.45, 2.75) is 71.4 Å². The van der Waals surface area contributed by atoms with Gasteiger partial charge in [0.15, 0.2) is 6.61 Å². The molecule has 1 saturated heterocycles. The maximum atomic E-state index is 13.9. The lowest BCUT2D eigenvalue weighted by atomic mass is 9.78. The SMILES string of the molecule is Cc1nc(COc2ccc(Cl)c3c2[C@@H](CN2CCCC2=O)N(C(=O)[C@@H]2CCCC[C@@H]2C)CC3)no1. The zero-order valence-corrected chi connectivity index (χ0v) is 21.2. The summed E-state index contributed by atoms with van der Waals surface area (Å²) in [5, 5.41) is 4.60. The van der Waals surface area contributed by atoms with Crippen LogP contribution in [0.15, 0.2) is 16.7 Å². The van der Waals surface area contributed by atoms with Gasteiger partial charge in [-0.05, 0) is 49.3 Å². The van der Waals surface area contributed by atoms with Crippen LogP contribution in [-0.4, -0.2) is 51.4 Å². The Bertz CT molecular complexity index is 1100. The van der Waals surface area contributed by atoms with Gasteiger partial charge in [0.2, 0.25) is 23.5 Å². The van der Waals surface area contributed by atoms with E-state index in [9.17, 15) is 9.59 Å². The number of fused-ring (bicyclic) bond motifs is 1. The minimum absolute atomic E-state index is 0.0212. The Morgan fingerprint density at radius 2 is 2.03 bits per heavy atom. The summed E-state index contributed by atoms with van der Waals surface area (Å²) in [6, 6.07) is 3.39. The quantitative estimate of drug-likeness (QED) is 0.580. The van der Waals surface area contributed by atoms with Gasteiger partial charge in [0.25, 0.3) is 0 Å². The fourth-order valence-corrected chi connectivity index (χ4v) is 6.16. The predicted molar refractivity (Wildman–Crippen MR) is 130 cm³/mol. The van der Waals surface area contributed by atoms with E-state index in [1.54, 1.807) is 6.92 Å². The highest BCUT2D eigenvalue weighted by Gasteiger charge is 2.40. The molecule has 1 aromatic heterocycles. The van der Waals surface area contributed by atoms with E-state index in [1.807, 2.05) is 21.9 Å². The molecule has 188 valence electrons. The molecular weight excluding hydrogens is 468 g/mol. The van der Waals surface area contributed by atoms with E-state index in [0.717, 1.165) is 36.8 Å². The second kappa shape index (κ2) is 10.2. The van der Waals surface area contributed by atoms with E-state index >= 15 is 0 Å². The lowest BCUT2D eigenvalue weighted by Crippen LogP contribution is -2.49. The van der Waals surface area contributed by atoms with E-state index < -0.39 is 0 Å². The normalized spacial score (nSPS) is 24.5. The number of ether oxygens (including phenoxy) is 1. The predicted octanol–water partition coefficient (Wildman–Crippen LogP) is 4.48. The zero-order chi connectivity index (χ0) is 24.5. The number of likely N-dealkylation sites (tertiary alicyclic amines) is 1. The molecule has 3 heterocycles. The molecule has 0 radical (unpaired) electrons. The van der Waals surface area contributed by atoms with Gasteiger partial charge < -0.3 is 19.1 Å². The van der Waals surface area contributed by atoms with E-state index in [-0.39, 0.29) is 30.4 Å². The molecule has 1 saturated carbocycles. The molecule has 35 heavy (non-hydrogen) atoms. The molecule has 8 nitrogen and oxygen atoms in total. The van der Waals surface area contributed by atoms with E-state index in [4.69, 9.17) is 20.9 Å². The van der Waals surface area contributed by atoms with Crippen LogP contribution < -0.4 is 4.74 Å². The number of carbonyl (C=O) groups excluding carboxylic acids is 2. The van der Waals surface area contributed by atoms with Crippen molar-refractivity contribution < 1.29 is 18.8 Å². The van der Waals surface area contributed by atoms with Crippen LogP contribution in [-0.2, 0) is 22.6 Å². The summed E-state index contributed by atoms with van der Waals surface area (Å²) in [7, 11) is 0. The molecule has 0 spiro atoms. The summed E-state index contributed by atoms with van der Waals surface area (Å²) < 4.78 is 11.3. The summed E-state index contributed by atoms with van der Waals surface area (Å²) in [4.78, 5) is 34.6. The van der Waals surface area contributed by atoms with Gasteiger partial charge in [-0.3, -0.25) is 9.59 Å². The third kappa shape index (κ3) is 4.90. The Labute approximate surface area is 210 Å². The number of rotatable bonds is 6. The van der Waals surface area contributed by atoms with Crippen LogP contribution in [0.4, 0.5) is 0 Å². The third-order valence-electron chi connectivity index (χ3n) is 7.77. The summed E-state index contributed by atoms with van der Waals surface area (Å²) in [5.41, 5.74) is 1.89. The molecule has 2 amide bonds. The smallest absolute Gasteiger partial charge is 0.226 e. The second-order valence-electron chi connectivity index (χ2n) is 10.1. The Hall–Kier alpha value is -2.61. The summed E-state index contributed by atoms with van der Waals surface area (Å²) >= 11 is 6.67. The fraction of sp³-hybridized carbons (Fsp3) is 0.615. The molecule has 3 atom stereocenters. The van der Waals surface area contributed by atoms with Gasteiger partial charge in [-0.1, -0.05) is 36.5 Å². The van der Waals surface area contributed by atoms with Gasteiger partial charge in [-0.2, -0.15) is 4.98 Å². The van der Waals surface area contributed by atoms with Crippen molar-refractivity contribution in [3.63, 3.8) is 0 Å². The number of benzene rings is 1. The molecule has 2 aliphatic heterocycles. The summed E-state index contributed by atoms with van der Waals surface area (Å²) in [5.74, 6) is 2.30. The largest absolute Gasteiger partial charge is 0.485 e. The molecule has 1 aliphatic carbocycles.